The molecule has 434 valence electrons. The average Bonchev–Trinajstić information content (AvgIpc) is 3.35. The number of esters is 3. The van der Waals surface area contributed by atoms with Crippen LogP contribution >= 0.6 is 0 Å². The molecule has 0 heterocycles. The molecule has 0 radical (unpaired) electrons. The highest BCUT2D eigenvalue weighted by atomic mass is 16.6. The first-order valence-corrected chi connectivity index (χ1v) is 33.1. The Balaban J connectivity index is 4.27. The quantitative estimate of drug-likeness (QED) is 0.0343. The Morgan fingerprint density at radius 2 is 0.397 bits per heavy atom. The lowest BCUT2D eigenvalue weighted by atomic mass is 10.0. The summed E-state index contributed by atoms with van der Waals surface area (Å²) < 4.78 is 17.0. The van der Waals surface area contributed by atoms with Crippen molar-refractivity contribution in [2.24, 2.45) is 17.8 Å². The van der Waals surface area contributed by atoms with E-state index in [4.69, 9.17) is 14.2 Å². The van der Waals surface area contributed by atoms with Crippen molar-refractivity contribution in [3.8, 4) is 0 Å². The molecular formula is C67H130O6. The van der Waals surface area contributed by atoms with Crippen molar-refractivity contribution in [2.75, 3.05) is 13.2 Å². The molecule has 0 bridgehead atoms. The Bertz CT molecular complexity index is 1130. The van der Waals surface area contributed by atoms with Gasteiger partial charge in [0.25, 0.3) is 0 Å². The van der Waals surface area contributed by atoms with Gasteiger partial charge in [0.1, 0.15) is 13.2 Å². The van der Waals surface area contributed by atoms with Crippen molar-refractivity contribution in [3.05, 3.63) is 0 Å². The average molecular weight is 1030 g/mol. The van der Waals surface area contributed by atoms with Crippen LogP contribution in [0, 0.1) is 17.8 Å². The molecule has 0 aliphatic rings. The number of hydrogen-bond donors (Lipinski definition) is 0. The van der Waals surface area contributed by atoms with Crippen LogP contribution in [0.3, 0.4) is 0 Å². The topological polar surface area (TPSA) is 78.9 Å². The van der Waals surface area contributed by atoms with Crippen LogP contribution in [-0.2, 0) is 28.6 Å². The van der Waals surface area contributed by atoms with Gasteiger partial charge in [0.2, 0.25) is 0 Å². The molecule has 0 aromatic rings. The van der Waals surface area contributed by atoms with Gasteiger partial charge in [-0.15, -0.1) is 0 Å². The molecule has 0 saturated carbocycles. The van der Waals surface area contributed by atoms with Gasteiger partial charge in [0.15, 0.2) is 6.10 Å². The fraction of sp³-hybridized carbons (Fsp3) is 0.955. The molecule has 0 amide bonds. The highest BCUT2D eigenvalue weighted by Gasteiger charge is 2.19. The van der Waals surface area contributed by atoms with Gasteiger partial charge in [-0.3, -0.25) is 14.4 Å². The first-order chi connectivity index (χ1) is 35.6. The van der Waals surface area contributed by atoms with E-state index in [1.54, 1.807) is 0 Å². The summed E-state index contributed by atoms with van der Waals surface area (Å²) in [5.74, 6) is 1.71. The molecule has 73 heavy (non-hydrogen) atoms. The maximum absolute atomic E-state index is 12.9. The van der Waals surface area contributed by atoms with Crippen molar-refractivity contribution >= 4 is 17.9 Å². The molecule has 6 nitrogen and oxygen atoms in total. The van der Waals surface area contributed by atoms with Crippen molar-refractivity contribution in [1.82, 2.24) is 0 Å². The Kier molecular flexibility index (Phi) is 56.8. The van der Waals surface area contributed by atoms with Crippen LogP contribution in [-0.4, -0.2) is 37.2 Å². The summed E-state index contributed by atoms with van der Waals surface area (Å²) in [5.41, 5.74) is 0. The summed E-state index contributed by atoms with van der Waals surface area (Å²) in [6.45, 7) is 13.8. The van der Waals surface area contributed by atoms with E-state index in [9.17, 15) is 14.4 Å². The molecule has 0 fully saturated rings. The summed E-state index contributed by atoms with van der Waals surface area (Å²) in [5, 5.41) is 0. The normalized spacial score (nSPS) is 12.1. The third-order valence-corrected chi connectivity index (χ3v) is 15.4. The predicted molar refractivity (Wildman–Crippen MR) is 316 cm³/mol. The number of hydrogen-bond acceptors (Lipinski definition) is 6. The minimum Gasteiger partial charge on any atom is -0.462 e. The van der Waals surface area contributed by atoms with E-state index >= 15 is 0 Å². The third-order valence-electron chi connectivity index (χ3n) is 15.4. The molecule has 6 heteroatoms. The molecule has 0 unspecified atom stereocenters. The highest BCUT2D eigenvalue weighted by Crippen LogP contribution is 2.19. The van der Waals surface area contributed by atoms with E-state index in [1.807, 2.05) is 0 Å². The molecule has 1 atom stereocenters. The van der Waals surface area contributed by atoms with E-state index in [2.05, 4.69) is 41.5 Å². The maximum atomic E-state index is 12.9. The van der Waals surface area contributed by atoms with E-state index in [0.717, 1.165) is 75.5 Å². The van der Waals surface area contributed by atoms with Gasteiger partial charge in [-0.2, -0.15) is 0 Å². The summed E-state index contributed by atoms with van der Waals surface area (Å²) >= 11 is 0. The second kappa shape index (κ2) is 58.1. The Hall–Kier alpha value is -1.59. The Morgan fingerprint density at radius 3 is 0.589 bits per heavy atom. The van der Waals surface area contributed by atoms with Crippen LogP contribution in [0.15, 0.2) is 0 Å². The Labute approximate surface area is 457 Å². The van der Waals surface area contributed by atoms with Gasteiger partial charge in [-0.25, -0.2) is 0 Å². The van der Waals surface area contributed by atoms with Gasteiger partial charge in [0, 0.05) is 19.3 Å². The standard InChI is InChI=1S/C67H130O6/c1-61(2)53-47-41-35-29-23-17-12-9-7-8-10-14-20-26-32-38-44-50-56-65(68)71-59-64(60-72-66(69)57-51-45-39-33-27-22-16-19-25-31-37-43-49-55-63(5)6)73-67(70)58-52-46-40-34-28-21-15-11-13-18-24-30-36-42-48-54-62(3)4/h61-64H,7-60H2,1-6H3/t64-/m1/s1. The van der Waals surface area contributed by atoms with Crippen molar-refractivity contribution in [2.45, 2.75) is 382 Å². The van der Waals surface area contributed by atoms with Crippen LogP contribution in [0.5, 0.6) is 0 Å². The molecular weight excluding hydrogens is 901 g/mol. The lowest BCUT2D eigenvalue weighted by molar-refractivity contribution is -0.167. The zero-order valence-corrected chi connectivity index (χ0v) is 50.4. The lowest BCUT2D eigenvalue weighted by Crippen LogP contribution is -2.30. The summed E-state index contributed by atoms with van der Waals surface area (Å²) in [6, 6.07) is 0. The van der Waals surface area contributed by atoms with Gasteiger partial charge >= 0.3 is 17.9 Å². The number of rotatable bonds is 60. The molecule has 0 aliphatic heterocycles. The van der Waals surface area contributed by atoms with E-state index in [1.165, 1.54) is 257 Å². The molecule has 0 aromatic carbocycles. The first-order valence-electron chi connectivity index (χ1n) is 33.1. The molecule has 0 aliphatic carbocycles. The summed E-state index contributed by atoms with van der Waals surface area (Å²) in [7, 11) is 0. The number of unbranched alkanes of at least 4 members (excludes halogenated alkanes) is 43. The van der Waals surface area contributed by atoms with Gasteiger partial charge < -0.3 is 14.2 Å². The van der Waals surface area contributed by atoms with E-state index < -0.39 is 6.10 Å². The van der Waals surface area contributed by atoms with E-state index in [0.29, 0.717) is 19.3 Å². The lowest BCUT2D eigenvalue weighted by Gasteiger charge is -2.18. The van der Waals surface area contributed by atoms with Crippen LogP contribution < -0.4 is 0 Å². The molecule has 0 N–H and O–H groups in total. The predicted octanol–water partition coefficient (Wildman–Crippen LogP) is 22.2. The number of ether oxygens (including phenoxy) is 3. The van der Waals surface area contributed by atoms with Crippen LogP contribution in [0.2, 0.25) is 0 Å². The summed E-state index contributed by atoms with van der Waals surface area (Å²) in [6.07, 6.45) is 63.9. The molecule has 0 rings (SSSR count). The van der Waals surface area contributed by atoms with Gasteiger partial charge in [-0.05, 0) is 37.0 Å². The zero-order chi connectivity index (χ0) is 53.3. The van der Waals surface area contributed by atoms with Crippen molar-refractivity contribution < 1.29 is 28.6 Å². The SMILES string of the molecule is CC(C)CCCCCCCCCCCCCCCCCCCCC(=O)OC[C@H](COC(=O)CCCCCCCCCCCCCCCC(C)C)OC(=O)CCCCCCCCCCCCCCCCCC(C)C. The monoisotopic (exact) mass is 1030 g/mol. The maximum Gasteiger partial charge on any atom is 0.306 e. The highest BCUT2D eigenvalue weighted by molar-refractivity contribution is 5.71. The molecule has 0 saturated heterocycles. The fourth-order valence-corrected chi connectivity index (χ4v) is 10.4. The summed E-state index contributed by atoms with van der Waals surface area (Å²) in [4.78, 5) is 38.4. The van der Waals surface area contributed by atoms with Crippen LogP contribution in [0.25, 0.3) is 0 Å². The first kappa shape index (κ1) is 71.4. The second-order valence-corrected chi connectivity index (χ2v) is 24.5. The Morgan fingerprint density at radius 1 is 0.233 bits per heavy atom. The third kappa shape index (κ3) is 61.1. The van der Waals surface area contributed by atoms with Crippen molar-refractivity contribution in [1.29, 1.82) is 0 Å². The van der Waals surface area contributed by atoms with Crippen LogP contribution in [0.4, 0.5) is 0 Å². The largest absolute Gasteiger partial charge is 0.462 e. The fourth-order valence-electron chi connectivity index (χ4n) is 10.4. The van der Waals surface area contributed by atoms with Gasteiger partial charge in [-0.1, -0.05) is 337 Å². The van der Waals surface area contributed by atoms with Crippen LogP contribution in [0.1, 0.15) is 375 Å². The minimum atomic E-state index is -0.765. The number of carbonyl (C=O) groups excluding carboxylic acids is 3. The van der Waals surface area contributed by atoms with Crippen molar-refractivity contribution in [3.63, 3.8) is 0 Å². The zero-order valence-electron chi connectivity index (χ0n) is 50.4. The smallest absolute Gasteiger partial charge is 0.306 e. The molecule has 0 spiro atoms. The molecule has 0 aromatic heterocycles. The van der Waals surface area contributed by atoms with Gasteiger partial charge in [0.05, 0.1) is 0 Å². The minimum absolute atomic E-state index is 0.0622. The van der Waals surface area contributed by atoms with E-state index in [-0.39, 0.29) is 31.1 Å². The second-order valence-electron chi connectivity index (χ2n) is 24.5. The number of carbonyl (C=O) groups is 3.